The molecule has 252 valence electrons. The number of methoxy groups -OCH3 is 2. The summed E-state index contributed by atoms with van der Waals surface area (Å²) in [5, 5.41) is 12.3. The highest BCUT2D eigenvalue weighted by Gasteiger charge is 2.47. The minimum absolute atomic E-state index is 0.0650. The van der Waals surface area contributed by atoms with E-state index in [0.717, 1.165) is 17.4 Å². The lowest BCUT2D eigenvalue weighted by molar-refractivity contribution is -0.0540. The monoisotopic (exact) mass is 648 g/mol. The van der Waals surface area contributed by atoms with Crippen molar-refractivity contribution in [2.24, 2.45) is 0 Å². The third-order valence-electron chi connectivity index (χ3n) is 8.78. The van der Waals surface area contributed by atoms with Crippen LogP contribution in [0.4, 0.5) is 0 Å². The predicted octanol–water partition coefficient (Wildman–Crippen LogP) is 4.47. The van der Waals surface area contributed by atoms with Crippen LogP contribution in [0.15, 0.2) is 48.5 Å². The maximum atomic E-state index is 13.5. The fraction of sp³-hybridized carbons (Fsp3) is 0.618. The summed E-state index contributed by atoms with van der Waals surface area (Å²) in [4.78, 5) is 15.3. The number of carbonyl (C=O) groups is 1. The van der Waals surface area contributed by atoms with Gasteiger partial charge in [0.15, 0.2) is 0 Å². The van der Waals surface area contributed by atoms with E-state index >= 15 is 0 Å². The Balaban J connectivity index is 2.03. The van der Waals surface area contributed by atoms with Crippen molar-refractivity contribution in [2.45, 2.75) is 69.4 Å². The molecule has 1 saturated heterocycles. The molecule has 11 heteroatoms. The number of aliphatic hydroxyl groups is 1. The van der Waals surface area contributed by atoms with Crippen molar-refractivity contribution in [1.29, 1.82) is 0 Å². The number of morpholine rings is 1. The van der Waals surface area contributed by atoms with Gasteiger partial charge in [-0.3, -0.25) is 4.79 Å². The fourth-order valence-electron chi connectivity index (χ4n) is 6.44. The van der Waals surface area contributed by atoms with Crippen molar-refractivity contribution >= 4 is 15.9 Å². The fourth-order valence-corrected chi connectivity index (χ4v) is 7.20. The van der Waals surface area contributed by atoms with Crippen LogP contribution in [-0.4, -0.2) is 96.5 Å². The molecule has 0 aromatic heterocycles. The van der Waals surface area contributed by atoms with E-state index in [1.807, 2.05) is 62.4 Å². The summed E-state index contributed by atoms with van der Waals surface area (Å²) in [5.41, 5.74) is 0.160. The lowest BCUT2D eigenvalue weighted by atomic mass is 9.61. The molecule has 1 heterocycles. The topological polar surface area (TPSA) is 124 Å². The zero-order valence-electron chi connectivity index (χ0n) is 27.5. The molecule has 3 unspecified atom stereocenters. The molecule has 1 fully saturated rings. The lowest BCUT2D eigenvalue weighted by Crippen LogP contribution is -2.51. The third-order valence-corrected chi connectivity index (χ3v) is 9.50. The van der Waals surface area contributed by atoms with Gasteiger partial charge in [-0.2, -0.15) is 0 Å². The largest absolute Gasteiger partial charge is 0.494 e. The van der Waals surface area contributed by atoms with Crippen molar-refractivity contribution in [1.82, 2.24) is 9.62 Å². The number of sulfonamides is 1. The molecule has 0 aliphatic carbocycles. The first kappa shape index (κ1) is 36.9. The predicted molar refractivity (Wildman–Crippen MR) is 175 cm³/mol. The van der Waals surface area contributed by atoms with E-state index in [9.17, 15) is 18.3 Å². The number of benzene rings is 2. The lowest BCUT2D eigenvalue weighted by Gasteiger charge is -2.47. The molecule has 0 saturated carbocycles. The molecule has 1 aliphatic heterocycles. The Hall–Kier alpha value is -2.54. The molecule has 1 aliphatic rings. The summed E-state index contributed by atoms with van der Waals surface area (Å²) >= 11 is 0. The van der Waals surface area contributed by atoms with Gasteiger partial charge in [-0.25, -0.2) is 13.1 Å². The molecule has 10 nitrogen and oxygen atoms in total. The number of carbonyl (C=O) groups excluding carboxylic acids is 1. The summed E-state index contributed by atoms with van der Waals surface area (Å²) in [7, 11) is -0.265. The van der Waals surface area contributed by atoms with Gasteiger partial charge >= 0.3 is 0 Å². The maximum Gasteiger partial charge on any atom is 0.254 e. The van der Waals surface area contributed by atoms with Gasteiger partial charge in [0.25, 0.3) is 5.91 Å². The van der Waals surface area contributed by atoms with Gasteiger partial charge in [0, 0.05) is 57.1 Å². The highest BCUT2D eigenvalue weighted by atomic mass is 32.2. The highest BCUT2D eigenvalue weighted by Crippen LogP contribution is 2.46. The summed E-state index contributed by atoms with van der Waals surface area (Å²) < 4.78 is 50.0. The first-order valence-electron chi connectivity index (χ1n) is 15.8. The van der Waals surface area contributed by atoms with Crippen LogP contribution in [0, 0.1) is 0 Å². The summed E-state index contributed by atoms with van der Waals surface area (Å²) in [6.07, 6.45) is 4.31. The Morgan fingerprint density at radius 3 is 2.40 bits per heavy atom. The van der Waals surface area contributed by atoms with Gasteiger partial charge in [-0.1, -0.05) is 36.8 Å². The van der Waals surface area contributed by atoms with E-state index in [-0.39, 0.29) is 5.91 Å². The van der Waals surface area contributed by atoms with Crippen molar-refractivity contribution < 1.29 is 37.3 Å². The van der Waals surface area contributed by atoms with E-state index in [1.54, 1.807) is 19.1 Å². The molecule has 3 atom stereocenters. The van der Waals surface area contributed by atoms with Gasteiger partial charge < -0.3 is 29.0 Å². The minimum Gasteiger partial charge on any atom is -0.494 e. The van der Waals surface area contributed by atoms with Crippen LogP contribution < -0.4 is 9.46 Å². The minimum atomic E-state index is -3.54. The second kappa shape index (κ2) is 17.4. The Morgan fingerprint density at radius 1 is 1.02 bits per heavy atom. The Labute approximate surface area is 269 Å². The molecule has 0 radical (unpaired) electrons. The molecule has 0 bridgehead atoms. The first-order valence-corrected chi connectivity index (χ1v) is 17.7. The Morgan fingerprint density at radius 2 is 1.73 bits per heavy atom. The summed E-state index contributed by atoms with van der Waals surface area (Å²) in [6, 6.07) is 14.5. The molecule has 45 heavy (non-hydrogen) atoms. The van der Waals surface area contributed by atoms with E-state index in [1.165, 1.54) is 0 Å². The number of amides is 1. The number of para-hydroxylation sites is 1. The normalized spacial score (nSPS) is 17.3. The quantitative estimate of drug-likeness (QED) is 0.214. The number of nitrogens with zero attached hydrogens (tertiary/aromatic N) is 1. The molecule has 2 aromatic carbocycles. The number of rotatable bonds is 19. The van der Waals surface area contributed by atoms with Crippen LogP contribution in [0.2, 0.25) is 0 Å². The molecule has 0 spiro atoms. The summed E-state index contributed by atoms with van der Waals surface area (Å²) in [6.45, 7) is 7.16. The van der Waals surface area contributed by atoms with Crippen LogP contribution in [0.1, 0.15) is 79.9 Å². The SMILES string of the molecule is CCOc1ccccc1C(CCCC(CCOC)(c1cccc(C(=O)N2CCOCC2)c1)C(C)(O)CCCOC)NS(C)(=O)=O. The molecule has 1 amide bonds. The average molecular weight is 649 g/mol. The van der Waals surface area contributed by atoms with E-state index in [0.29, 0.717) is 96.0 Å². The third kappa shape index (κ3) is 10.2. The maximum absolute atomic E-state index is 13.5. The van der Waals surface area contributed by atoms with Gasteiger partial charge in [-0.15, -0.1) is 0 Å². The van der Waals surface area contributed by atoms with Crippen molar-refractivity contribution in [3.63, 3.8) is 0 Å². The van der Waals surface area contributed by atoms with E-state index < -0.39 is 27.1 Å². The van der Waals surface area contributed by atoms with Crippen LogP contribution in [-0.2, 0) is 29.6 Å². The molecule has 3 rings (SSSR count). The Kier molecular flexibility index (Phi) is 14.3. The van der Waals surface area contributed by atoms with Gasteiger partial charge in [0.05, 0.1) is 37.7 Å². The molecular weight excluding hydrogens is 596 g/mol. The zero-order chi connectivity index (χ0) is 32.9. The van der Waals surface area contributed by atoms with Crippen molar-refractivity contribution in [2.75, 3.05) is 66.6 Å². The number of nitrogens with one attached hydrogen (secondary N) is 1. The molecular formula is C34H52N2O8S. The second-order valence-electron chi connectivity index (χ2n) is 12.0. The molecule has 2 N–H and O–H groups in total. The van der Waals surface area contributed by atoms with Crippen LogP contribution in [0.25, 0.3) is 0 Å². The van der Waals surface area contributed by atoms with Crippen LogP contribution in [0.5, 0.6) is 5.75 Å². The number of hydrogen-bond acceptors (Lipinski definition) is 8. The van der Waals surface area contributed by atoms with Gasteiger partial charge in [0.2, 0.25) is 10.0 Å². The number of hydrogen-bond donors (Lipinski definition) is 2. The standard InChI is InChI=1S/C34H52N2O8S/c1-6-44-31-16-8-7-14-29(31)30(35-45(5,39)40)15-10-18-34(19-23-42-4,33(2,38)17-11-22-41-3)28-13-9-12-27(26-28)32(37)36-20-24-43-25-21-36/h7-9,12-14,16,26,30,35,38H,6,10-11,15,17-25H2,1-5H3. The van der Waals surface area contributed by atoms with Crippen molar-refractivity contribution in [3.8, 4) is 5.75 Å². The van der Waals surface area contributed by atoms with Crippen LogP contribution in [0.3, 0.4) is 0 Å². The first-order chi connectivity index (χ1) is 21.5. The van der Waals surface area contributed by atoms with E-state index in [4.69, 9.17) is 18.9 Å². The van der Waals surface area contributed by atoms with E-state index in [2.05, 4.69) is 4.72 Å². The Bertz CT molecular complexity index is 1310. The molecule has 2 aromatic rings. The smallest absolute Gasteiger partial charge is 0.254 e. The summed E-state index contributed by atoms with van der Waals surface area (Å²) in [5.74, 6) is 0.567. The highest BCUT2D eigenvalue weighted by molar-refractivity contribution is 7.88. The van der Waals surface area contributed by atoms with Gasteiger partial charge in [-0.05, 0) is 69.7 Å². The average Bonchev–Trinajstić information content (AvgIpc) is 3.02. The van der Waals surface area contributed by atoms with Crippen molar-refractivity contribution in [3.05, 3.63) is 65.2 Å². The van der Waals surface area contributed by atoms with Gasteiger partial charge in [0.1, 0.15) is 5.75 Å². The zero-order valence-corrected chi connectivity index (χ0v) is 28.4. The second-order valence-corrected chi connectivity index (χ2v) is 13.8. The number of ether oxygens (including phenoxy) is 4. The van der Waals surface area contributed by atoms with Crippen LogP contribution >= 0.6 is 0 Å².